The van der Waals surface area contributed by atoms with Crippen LogP contribution in [0.25, 0.3) is 0 Å². The summed E-state index contributed by atoms with van der Waals surface area (Å²) >= 11 is 2.93. The molecule has 0 amide bonds. The van der Waals surface area contributed by atoms with E-state index >= 15 is 0 Å². The highest BCUT2D eigenvalue weighted by molar-refractivity contribution is 9.10. The van der Waals surface area contributed by atoms with Gasteiger partial charge in [-0.25, -0.2) is 0 Å². The molecule has 0 spiro atoms. The summed E-state index contributed by atoms with van der Waals surface area (Å²) in [7, 11) is 1.35. The predicted octanol–water partition coefficient (Wildman–Crippen LogP) is 3.38. The minimum absolute atomic E-state index is 0.0424. The lowest BCUT2D eigenvalue weighted by Crippen LogP contribution is -2.10. The number of alkyl halides is 3. The second-order valence-electron chi connectivity index (χ2n) is 2.74. The van der Waals surface area contributed by atoms with Gasteiger partial charge >= 0.3 is 6.18 Å². The molecule has 2 nitrogen and oxygen atoms in total. The first-order valence-electron chi connectivity index (χ1n) is 3.88. The van der Waals surface area contributed by atoms with E-state index in [-0.39, 0.29) is 15.7 Å². The van der Waals surface area contributed by atoms with Crippen molar-refractivity contribution in [2.45, 2.75) is 6.18 Å². The van der Waals surface area contributed by atoms with E-state index in [2.05, 4.69) is 21.2 Å². The molecule has 1 N–H and O–H groups in total. The third-order valence-corrected chi connectivity index (χ3v) is 2.24. The maximum Gasteiger partial charge on any atom is 0.418 e. The van der Waals surface area contributed by atoms with Crippen molar-refractivity contribution in [1.82, 2.24) is 0 Å². The zero-order chi connectivity index (χ0) is 11.6. The zero-order valence-corrected chi connectivity index (χ0v) is 9.20. The molecule has 80 valence electrons. The van der Waals surface area contributed by atoms with Gasteiger partial charge in [0.25, 0.3) is 0 Å². The molecule has 6 heteroatoms. The quantitative estimate of drug-likeness (QED) is 0.855. The molecule has 0 heterocycles. The van der Waals surface area contributed by atoms with Crippen molar-refractivity contribution in [3.8, 4) is 6.07 Å². The van der Waals surface area contributed by atoms with Crippen LogP contribution in [-0.4, -0.2) is 7.05 Å². The van der Waals surface area contributed by atoms with Gasteiger partial charge < -0.3 is 5.32 Å². The lowest BCUT2D eigenvalue weighted by Gasteiger charge is -2.14. The SMILES string of the molecule is CNc1c(C#N)cc(Br)cc1C(F)(F)F. The van der Waals surface area contributed by atoms with Crippen LogP contribution in [0.5, 0.6) is 0 Å². The maximum atomic E-state index is 12.6. The van der Waals surface area contributed by atoms with Gasteiger partial charge in [-0.2, -0.15) is 18.4 Å². The average Bonchev–Trinajstić information content (AvgIpc) is 2.15. The van der Waals surface area contributed by atoms with Crippen LogP contribution in [0.3, 0.4) is 0 Å². The molecule has 0 saturated heterocycles. The third-order valence-electron chi connectivity index (χ3n) is 1.78. The molecule has 0 bridgehead atoms. The Hall–Kier alpha value is -1.22. The molecule has 0 unspecified atom stereocenters. The Bertz CT molecular complexity index is 421. The minimum atomic E-state index is -4.48. The molecule has 0 saturated carbocycles. The van der Waals surface area contributed by atoms with E-state index in [1.54, 1.807) is 6.07 Å². The lowest BCUT2D eigenvalue weighted by atomic mass is 10.1. The minimum Gasteiger partial charge on any atom is -0.387 e. The van der Waals surface area contributed by atoms with Crippen molar-refractivity contribution in [3.05, 3.63) is 27.7 Å². The van der Waals surface area contributed by atoms with E-state index in [1.165, 1.54) is 13.1 Å². The molecule has 0 aliphatic carbocycles. The highest BCUT2D eigenvalue weighted by atomic mass is 79.9. The Morgan fingerprint density at radius 1 is 1.40 bits per heavy atom. The number of hydrogen-bond donors (Lipinski definition) is 1. The van der Waals surface area contributed by atoms with Gasteiger partial charge in [-0.05, 0) is 12.1 Å². The van der Waals surface area contributed by atoms with Gasteiger partial charge in [-0.3, -0.25) is 0 Å². The number of nitriles is 1. The molecule has 1 aromatic rings. The molecule has 0 aliphatic rings. The number of nitrogens with one attached hydrogen (secondary N) is 1. The molecule has 0 fully saturated rings. The molecule has 0 atom stereocenters. The van der Waals surface area contributed by atoms with Gasteiger partial charge in [-0.15, -0.1) is 0 Å². The van der Waals surface area contributed by atoms with Crippen LogP contribution in [0.1, 0.15) is 11.1 Å². The molecule has 1 aromatic carbocycles. The Kier molecular flexibility index (Phi) is 3.25. The van der Waals surface area contributed by atoms with Crippen LogP contribution in [0, 0.1) is 11.3 Å². The highest BCUT2D eigenvalue weighted by Crippen LogP contribution is 2.38. The first-order chi connectivity index (χ1) is 6.90. The molecular weight excluding hydrogens is 273 g/mol. The largest absolute Gasteiger partial charge is 0.418 e. The molecule has 0 aliphatic heterocycles. The van der Waals surface area contributed by atoms with Gasteiger partial charge in [0.05, 0.1) is 16.8 Å². The highest BCUT2D eigenvalue weighted by Gasteiger charge is 2.34. The van der Waals surface area contributed by atoms with Crippen molar-refractivity contribution in [2.24, 2.45) is 0 Å². The van der Waals surface area contributed by atoms with Crippen molar-refractivity contribution in [2.75, 3.05) is 12.4 Å². The summed E-state index contributed by atoms with van der Waals surface area (Å²) in [5.41, 5.74) is -1.09. The standard InChI is InChI=1S/C9H6BrF3N2/c1-15-8-5(4-14)2-6(10)3-7(8)9(11,12)13/h2-3,15H,1H3. The van der Waals surface area contributed by atoms with Crippen LogP contribution < -0.4 is 5.32 Å². The summed E-state index contributed by atoms with van der Waals surface area (Å²) in [5, 5.41) is 11.1. The summed E-state index contributed by atoms with van der Waals surface area (Å²) in [6.07, 6.45) is -4.48. The van der Waals surface area contributed by atoms with Crippen molar-refractivity contribution in [3.63, 3.8) is 0 Å². The van der Waals surface area contributed by atoms with Gasteiger partial charge in [0.1, 0.15) is 6.07 Å². The van der Waals surface area contributed by atoms with Gasteiger partial charge in [0.15, 0.2) is 0 Å². The number of benzene rings is 1. The smallest absolute Gasteiger partial charge is 0.387 e. The van der Waals surface area contributed by atoms with E-state index in [0.29, 0.717) is 0 Å². The van der Waals surface area contributed by atoms with Crippen molar-refractivity contribution in [1.29, 1.82) is 5.26 Å². The number of nitrogens with zero attached hydrogens (tertiary/aromatic N) is 1. The van der Waals surface area contributed by atoms with Gasteiger partial charge in [0, 0.05) is 11.5 Å². The topological polar surface area (TPSA) is 35.8 Å². The Balaban J connectivity index is 3.51. The van der Waals surface area contributed by atoms with Crippen LogP contribution >= 0.6 is 15.9 Å². The van der Waals surface area contributed by atoms with Gasteiger partial charge in [-0.1, -0.05) is 15.9 Å². The van der Waals surface area contributed by atoms with Crippen LogP contribution in [0.4, 0.5) is 18.9 Å². The Morgan fingerprint density at radius 2 is 2.00 bits per heavy atom. The van der Waals surface area contributed by atoms with Gasteiger partial charge in [0.2, 0.25) is 0 Å². The number of hydrogen-bond acceptors (Lipinski definition) is 2. The number of anilines is 1. The second kappa shape index (κ2) is 4.11. The zero-order valence-electron chi connectivity index (χ0n) is 7.61. The Labute approximate surface area is 92.8 Å². The Morgan fingerprint density at radius 3 is 2.40 bits per heavy atom. The summed E-state index contributed by atoms with van der Waals surface area (Å²) in [4.78, 5) is 0. The predicted molar refractivity (Wildman–Crippen MR) is 53.4 cm³/mol. The third kappa shape index (κ3) is 2.42. The first-order valence-corrected chi connectivity index (χ1v) is 4.68. The normalized spacial score (nSPS) is 10.9. The molecule has 0 aromatic heterocycles. The van der Waals surface area contributed by atoms with E-state index in [9.17, 15) is 13.2 Å². The van der Waals surface area contributed by atoms with E-state index in [4.69, 9.17) is 5.26 Å². The molecule has 0 radical (unpaired) electrons. The summed E-state index contributed by atoms with van der Waals surface area (Å²) in [6, 6.07) is 3.98. The second-order valence-corrected chi connectivity index (χ2v) is 3.65. The number of rotatable bonds is 1. The first kappa shape index (κ1) is 11.9. The maximum absolute atomic E-state index is 12.6. The average molecular weight is 279 g/mol. The summed E-state index contributed by atoms with van der Waals surface area (Å²) in [5.74, 6) is 0. The fourth-order valence-electron chi connectivity index (χ4n) is 1.19. The van der Waals surface area contributed by atoms with Crippen LogP contribution in [0.15, 0.2) is 16.6 Å². The molecular formula is C9H6BrF3N2. The van der Waals surface area contributed by atoms with E-state index in [1.807, 2.05) is 0 Å². The van der Waals surface area contributed by atoms with E-state index in [0.717, 1.165) is 6.07 Å². The van der Waals surface area contributed by atoms with Crippen molar-refractivity contribution >= 4 is 21.6 Å². The fourth-order valence-corrected chi connectivity index (χ4v) is 1.65. The summed E-state index contributed by atoms with van der Waals surface area (Å²) in [6.45, 7) is 0. The summed E-state index contributed by atoms with van der Waals surface area (Å²) < 4.78 is 37.9. The molecule has 15 heavy (non-hydrogen) atoms. The molecule has 1 rings (SSSR count). The number of halogens is 4. The fraction of sp³-hybridized carbons (Fsp3) is 0.222. The van der Waals surface area contributed by atoms with Crippen molar-refractivity contribution < 1.29 is 13.2 Å². The monoisotopic (exact) mass is 278 g/mol. The van der Waals surface area contributed by atoms with Crippen LogP contribution in [0.2, 0.25) is 0 Å². The lowest BCUT2D eigenvalue weighted by molar-refractivity contribution is -0.137. The van der Waals surface area contributed by atoms with Crippen LogP contribution in [-0.2, 0) is 6.18 Å². The van der Waals surface area contributed by atoms with E-state index < -0.39 is 11.7 Å².